The number of hydrogen-bond donors (Lipinski definition) is 2. The third-order valence-corrected chi connectivity index (χ3v) is 6.55. The van der Waals surface area contributed by atoms with Gasteiger partial charge in [0, 0.05) is 13.1 Å². The largest absolute Gasteiger partial charge is 0.453 e. The number of methoxy groups -OCH3 is 1. The summed E-state index contributed by atoms with van der Waals surface area (Å²) in [5, 5.41) is 2.80. The fourth-order valence-electron chi connectivity index (χ4n) is 4.73. The first-order valence-electron chi connectivity index (χ1n) is 12.9. The Morgan fingerprint density at radius 2 is 1.42 bits per heavy atom. The van der Waals surface area contributed by atoms with Crippen LogP contribution in [0.2, 0.25) is 0 Å². The van der Waals surface area contributed by atoms with Gasteiger partial charge in [-0.3, -0.25) is 9.69 Å². The van der Waals surface area contributed by atoms with Crippen molar-refractivity contribution >= 4 is 12.0 Å². The number of rotatable bonds is 13. The molecule has 38 heavy (non-hydrogen) atoms. The summed E-state index contributed by atoms with van der Waals surface area (Å²) in [5.41, 5.74) is 11.4. The van der Waals surface area contributed by atoms with Crippen LogP contribution in [0.15, 0.2) is 78.9 Å². The van der Waals surface area contributed by atoms with Gasteiger partial charge >= 0.3 is 6.09 Å². The van der Waals surface area contributed by atoms with Gasteiger partial charge in [-0.15, -0.1) is 0 Å². The molecule has 1 aliphatic carbocycles. The van der Waals surface area contributed by atoms with Crippen LogP contribution in [-0.2, 0) is 25.4 Å². The number of nitrogens with zero attached hydrogens (tertiary/aromatic N) is 1. The summed E-state index contributed by atoms with van der Waals surface area (Å²) in [6, 6.07) is 25.1. The van der Waals surface area contributed by atoms with Gasteiger partial charge in [0.1, 0.15) is 0 Å². The van der Waals surface area contributed by atoms with Gasteiger partial charge < -0.3 is 25.3 Å². The Morgan fingerprint density at radius 3 is 2.05 bits per heavy atom. The molecule has 0 radical (unpaired) electrons. The monoisotopic (exact) mass is 517 g/mol. The minimum atomic E-state index is -0.600. The Bertz CT molecular complexity index is 1160. The molecule has 0 aromatic heterocycles. The van der Waals surface area contributed by atoms with Gasteiger partial charge in [-0.1, -0.05) is 78.9 Å². The summed E-state index contributed by atoms with van der Waals surface area (Å²) >= 11 is 0. The number of hydrogen-bond acceptors (Lipinski definition) is 6. The predicted octanol–water partition coefficient (Wildman–Crippen LogP) is 3.54. The average Bonchev–Trinajstić information content (AvgIpc) is 3.28. The van der Waals surface area contributed by atoms with E-state index in [-0.39, 0.29) is 11.9 Å². The van der Waals surface area contributed by atoms with Crippen molar-refractivity contribution in [3.63, 3.8) is 0 Å². The predicted molar refractivity (Wildman–Crippen MR) is 146 cm³/mol. The molecule has 0 fully saturated rings. The van der Waals surface area contributed by atoms with Crippen LogP contribution in [0, 0.1) is 0 Å². The molecule has 3 N–H and O–H groups in total. The second kappa shape index (κ2) is 13.7. The molecule has 200 valence electrons. The van der Waals surface area contributed by atoms with E-state index >= 15 is 0 Å². The molecule has 0 saturated heterocycles. The number of amides is 2. The molecular formula is C30H35N3O5. The quantitative estimate of drug-likeness (QED) is 0.336. The van der Waals surface area contributed by atoms with Crippen molar-refractivity contribution in [2.45, 2.75) is 18.5 Å². The van der Waals surface area contributed by atoms with E-state index in [9.17, 15) is 9.59 Å². The lowest BCUT2D eigenvalue weighted by Crippen LogP contribution is -2.43. The van der Waals surface area contributed by atoms with E-state index in [1.54, 1.807) is 4.90 Å². The fourth-order valence-corrected chi connectivity index (χ4v) is 4.73. The molecule has 8 nitrogen and oxygen atoms in total. The topological polar surface area (TPSA) is 103 Å². The maximum absolute atomic E-state index is 12.7. The Hall–Kier alpha value is -3.72. The maximum Gasteiger partial charge on any atom is 0.410 e. The number of nitrogens with one attached hydrogen (secondary N) is 1. The number of carbonyl (C=O) groups excluding carboxylic acids is 2. The highest BCUT2D eigenvalue weighted by molar-refractivity contribution is 5.82. The van der Waals surface area contributed by atoms with Gasteiger partial charge in [0.05, 0.1) is 45.6 Å². The Labute approximate surface area is 223 Å². The molecule has 0 spiro atoms. The van der Waals surface area contributed by atoms with Crippen molar-refractivity contribution in [1.82, 2.24) is 10.2 Å². The minimum Gasteiger partial charge on any atom is -0.453 e. The standard InChI is InChI=1S/C30H35N3O5/c1-36-30(35)33(28-25-13-7-5-11-23(25)24-12-6-8-14-26(24)28)16-18-38-20-19-37-17-15-32-29(34)27(31)21-22-9-3-2-4-10-22/h2-14,27-28H,15-21,31H2,1H3,(H,32,34)/t27-/m0/s1. The zero-order valence-electron chi connectivity index (χ0n) is 21.7. The molecular weight excluding hydrogens is 482 g/mol. The van der Waals surface area contributed by atoms with Crippen LogP contribution in [0.3, 0.4) is 0 Å². The van der Waals surface area contributed by atoms with Crippen molar-refractivity contribution in [3.05, 3.63) is 95.6 Å². The van der Waals surface area contributed by atoms with E-state index in [0.29, 0.717) is 45.9 Å². The van der Waals surface area contributed by atoms with E-state index in [4.69, 9.17) is 19.9 Å². The smallest absolute Gasteiger partial charge is 0.410 e. The number of nitrogens with two attached hydrogens (primary N) is 1. The van der Waals surface area contributed by atoms with Gasteiger partial charge in [0.15, 0.2) is 0 Å². The van der Waals surface area contributed by atoms with E-state index in [0.717, 1.165) is 27.8 Å². The van der Waals surface area contributed by atoms with Crippen LogP contribution in [0.25, 0.3) is 11.1 Å². The zero-order chi connectivity index (χ0) is 26.7. The third kappa shape index (κ3) is 6.77. The molecule has 0 saturated carbocycles. The molecule has 3 aromatic carbocycles. The lowest BCUT2D eigenvalue weighted by Gasteiger charge is -2.29. The summed E-state index contributed by atoms with van der Waals surface area (Å²) < 4.78 is 16.4. The summed E-state index contributed by atoms with van der Waals surface area (Å²) in [6.07, 6.45) is 0.0877. The van der Waals surface area contributed by atoms with Crippen LogP contribution < -0.4 is 11.1 Å². The maximum atomic E-state index is 12.7. The molecule has 0 bridgehead atoms. The van der Waals surface area contributed by atoms with Crippen LogP contribution in [-0.4, -0.2) is 69.6 Å². The minimum absolute atomic E-state index is 0.202. The van der Waals surface area contributed by atoms with Gasteiger partial charge in [-0.05, 0) is 34.2 Å². The van der Waals surface area contributed by atoms with Crippen molar-refractivity contribution in [1.29, 1.82) is 0 Å². The summed E-state index contributed by atoms with van der Waals surface area (Å²) in [4.78, 5) is 26.6. The summed E-state index contributed by atoms with van der Waals surface area (Å²) in [7, 11) is 1.39. The Kier molecular flexibility index (Phi) is 9.86. The molecule has 3 aromatic rings. The van der Waals surface area contributed by atoms with Crippen molar-refractivity contribution < 1.29 is 23.8 Å². The SMILES string of the molecule is COC(=O)N(CCOCCOCCNC(=O)[C@@H](N)Cc1ccccc1)C1c2ccccc2-c2ccccc21. The fraction of sp³-hybridized carbons (Fsp3) is 0.333. The Morgan fingerprint density at radius 1 is 0.842 bits per heavy atom. The number of ether oxygens (including phenoxy) is 3. The first kappa shape index (κ1) is 27.3. The van der Waals surface area contributed by atoms with Gasteiger partial charge in [-0.2, -0.15) is 0 Å². The van der Waals surface area contributed by atoms with Gasteiger partial charge in [-0.25, -0.2) is 4.79 Å². The first-order valence-corrected chi connectivity index (χ1v) is 12.9. The third-order valence-electron chi connectivity index (χ3n) is 6.55. The number of fused-ring (bicyclic) bond motifs is 3. The Balaban J connectivity index is 1.17. The lowest BCUT2D eigenvalue weighted by atomic mass is 10.0. The van der Waals surface area contributed by atoms with Crippen LogP contribution >= 0.6 is 0 Å². The molecule has 8 heteroatoms. The molecule has 1 aliphatic rings. The normalized spacial score (nSPS) is 12.9. The van der Waals surface area contributed by atoms with Crippen molar-refractivity contribution in [3.8, 4) is 11.1 Å². The zero-order valence-corrected chi connectivity index (χ0v) is 21.7. The van der Waals surface area contributed by atoms with Gasteiger partial charge in [0.2, 0.25) is 5.91 Å². The van der Waals surface area contributed by atoms with Crippen LogP contribution in [0.1, 0.15) is 22.7 Å². The molecule has 2 amide bonds. The van der Waals surface area contributed by atoms with Crippen LogP contribution in [0.5, 0.6) is 0 Å². The highest BCUT2D eigenvalue weighted by Crippen LogP contribution is 2.46. The molecule has 0 aliphatic heterocycles. The van der Waals surface area contributed by atoms with Crippen LogP contribution in [0.4, 0.5) is 4.79 Å². The summed E-state index contributed by atoms with van der Waals surface area (Å²) in [6.45, 7) is 2.18. The van der Waals surface area contributed by atoms with Crippen molar-refractivity contribution in [2.75, 3.05) is 46.6 Å². The van der Waals surface area contributed by atoms with Crippen molar-refractivity contribution in [2.24, 2.45) is 5.73 Å². The number of benzene rings is 3. The molecule has 0 heterocycles. The highest BCUT2D eigenvalue weighted by atomic mass is 16.5. The average molecular weight is 518 g/mol. The lowest BCUT2D eigenvalue weighted by molar-refractivity contribution is -0.122. The highest BCUT2D eigenvalue weighted by Gasteiger charge is 2.35. The van der Waals surface area contributed by atoms with E-state index < -0.39 is 12.1 Å². The molecule has 4 rings (SSSR count). The van der Waals surface area contributed by atoms with E-state index in [1.165, 1.54) is 7.11 Å². The molecule has 1 atom stereocenters. The number of carbonyl (C=O) groups is 2. The van der Waals surface area contributed by atoms with Gasteiger partial charge in [0.25, 0.3) is 0 Å². The van der Waals surface area contributed by atoms with E-state index in [2.05, 4.69) is 29.6 Å². The first-order chi connectivity index (χ1) is 18.6. The second-order valence-electron chi connectivity index (χ2n) is 9.05. The molecule has 0 unspecified atom stereocenters. The summed E-state index contributed by atoms with van der Waals surface area (Å²) in [5.74, 6) is -0.202. The van der Waals surface area contributed by atoms with E-state index in [1.807, 2.05) is 54.6 Å². The second-order valence-corrected chi connectivity index (χ2v) is 9.05.